The van der Waals surface area contributed by atoms with Gasteiger partial charge >= 0.3 is 0 Å². The highest BCUT2D eigenvalue weighted by atomic mass is 16.5. The van der Waals surface area contributed by atoms with Crippen molar-refractivity contribution in [2.75, 3.05) is 32.8 Å². The molecule has 6 nitrogen and oxygen atoms in total. The van der Waals surface area contributed by atoms with Crippen LogP contribution in [0.1, 0.15) is 58.8 Å². The van der Waals surface area contributed by atoms with E-state index in [4.69, 9.17) is 14.4 Å². The molecule has 0 spiro atoms. The first-order valence-electron chi connectivity index (χ1n) is 10.7. The van der Waals surface area contributed by atoms with Crippen LogP contribution in [0.5, 0.6) is 0 Å². The summed E-state index contributed by atoms with van der Waals surface area (Å²) in [4.78, 5) is 19.1. The summed E-state index contributed by atoms with van der Waals surface area (Å²) in [6, 6.07) is 8.34. The molecule has 2 aromatic rings. The number of carbonyl (C=O) groups excluding carboxylic acids is 1. The largest absolute Gasteiger partial charge is 0.423 e. The molecule has 1 saturated heterocycles. The van der Waals surface area contributed by atoms with Gasteiger partial charge in [-0.15, -0.1) is 0 Å². The Labute approximate surface area is 177 Å². The fourth-order valence-electron chi connectivity index (χ4n) is 4.13. The number of hydrogen-bond donors (Lipinski definition) is 0. The van der Waals surface area contributed by atoms with Crippen LogP contribution < -0.4 is 0 Å². The van der Waals surface area contributed by atoms with Crippen LogP contribution >= 0.6 is 0 Å². The standard InChI is InChI=1S/C24H27N3O3/c25-16-21-17-26-24(30-21)23(28)15-20-7-6-18(8-9-27-10-12-29-13-11-27)14-22(20)19-4-2-1-3-5-19/h4,6-7,14,17H,1-3,5,8-13,15H2. The van der Waals surface area contributed by atoms with Gasteiger partial charge in [-0.2, -0.15) is 5.26 Å². The molecule has 0 N–H and O–H groups in total. The average Bonchev–Trinajstić information content (AvgIpc) is 3.29. The van der Waals surface area contributed by atoms with Gasteiger partial charge in [0.05, 0.1) is 19.4 Å². The van der Waals surface area contributed by atoms with Crippen molar-refractivity contribution in [3.8, 4) is 6.07 Å². The molecule has 0 bridgehead atoms. The Morgan fingerprint density at radius 3 is 2.83 bits per heavy atom. The van der Waals surface area contributed by atoms with Crippen molar-refractivity contribution in [2.45, 2.75) is 38.5 Å². The highest BCUT2D eigenvalue weighted by molar-refractivity contribution is 5.94. The van der Waals surface area contributed by atoms with E-state index in [1.54, 1.807) is 0 Å². The number of rotatable bonds is 7. The van der Waals surface area contributed by atoms with Gasteiger partial charge in [0.25, 0.3) is 5.89 Å². The third-order valence-electron chi connectivity index (χ3n) is 5.84. The summed E-state index contributed by atoms with van der Waals surface area (Å²) in [5.41, 5.74) is 4.80. The van der Waals surface area contributed by atoms with Gasteiger partial charge in [-0.25, -0.2) is 4.98 Å². The number of oxazole rings is 1. The van der Waals surface area contributed by atoms with Gasteiger partial charge in [-0.05, 0) is 54.4 Å². The second-order valence-electron chi connectivity index (χ2n) is 7.91. The van der Waals surface area contributed by atoms with Crippen LogP contribution in [0.4, 0.5) is 0 Å². The van der Waals surface area contributed by atoms with Crippen molar-refractivity contribution in [1.82, 2.24) is 9.88 Å². The number of ketones is 1. The summed E-state index contributed by atoms with van der Waals surface area (Å²) in [7, 11) is 0. The van der Waals surface area contributed by atoms with E-state index < -0.39 is 0 Å². The molecule has 0 radical (unpaired) electrons. The number of benzene rings is 1. The maximum atomic E-state index is 12.7. The van der Waals surface area contributed by atoms with Gasteiger partial charge in [0.1, 0.15) is 6.07 Å². The Morgan fingerprint density at radius 2 is 2.10 bits per heavy atom. The van der Waals surface area contributed by atoms with E-state index in [1.165, 1.54) is 35.7 Å². The zero-order valence-electron chi connectivity index (χ0n) is 17.2. The molecule has 0 amide bonds. The fraction of sp³-hybridized carbons (Fsp3) is 0.458. The Bertz CT molecular complexity index is 964. The number of Topliss-reactive ketones (excluding diaryl/α,β-unsaturated/α-hetero) is 1. The summed E-state index contributed by atoms with van der Waals surface area (Å²) in [5.74, 6) is -0.131. The smallest absolute Gasteiger partial charge is 0.264 e. The van der Waals surface area contributed by atoms with Gasteiger partial charge in [0.2, 0.25) is 11.5 Å². The van der Waals surface area contributed by atoms with Crippen molar-refractivity contribution in [3.63, 3.8) is 0 Å². The Morgan fingerprint density at radius 1 is 1.23 bits per heavy atom. The van der Waals surface area contributed by atoms with Gasteiger partial charge < -0.3 is 9.15 Å². The predicted molar refractivity (Wildman–Crippen MR) is 113 cm³/mol. The molecule has 2 aliphatic rings. The topological polar surface area (TPSA) is 79.4 Å². The number of ether oxygens (including phenoxy) is 1. The number of carbonyl (C=O) groups is 1. The Balaban J connectivity index is 1.53. The van der Waals surface area contributed by atoms with Crippen molar-refractivity contribution < 1.29 is 13.9 Å². The number of aromatic nitrogens is 1. The minimum absolute atomic E-state index is 0.00603. The summed E-state index contributed by atoms with van der Waals surface area (Å²) in [5, 5.41) is 8.90. The third kappa shape index (κ3) is 5.05. The molecule has 4 rings (SSSR count). The zero-order chi connectivity index (χ0) is 20.8. The molecule has 1 aromatic heterocycles. The predicted octanol–water partition coefficient (Wildman–Crippen LogP) is 3.80. The van der Waals surface area contributed by atoms with E-state index in [1.807, 2.05) is 6.07 Å². The van der Waals surface area contributed by atoms with Gasteiger partial charge in [0.15, 0.2) is 0 Å². The molecule has 6 heteroatoms. The van der Waals surface area contributed by atoms with Gasteiger partial charge in [-0.1, -0.05) is 24.3 Å². The van der Waals surface area contributed by atoms with Crippen LogP contribution in [0.15, 0.2) is 34.9 Å². The first-order valence-corrected chi connectivity index (χ1v) is 10.7. The number of nitrogens with zero attached hydrogens (tertiary/aromatic N) is 3. The van der Waals surface area contributed by atoms with E-state index in [2.05, 4.69) is 34.2 Å². The van der Waals surface area contributed by atoms with Crippen LogP contribution in [-0.2, 0) is 17.6 Å². The lowest BCUT2D eigenvalue weighted by atomic mass is 9.87. The maximum Gasteiger partial charge on any atom is 0.264 e. The molecule has 1 fully saturated rings. The molecule has 0 atom stereocenters. The van der Waals surface area contributed by atoms with Crippen LogP contribution in [0, 0.1) is 11.3 Å². The highest BCUT2D eigenvalue weighted by Gasteiger charge is 2.19. The van der Waals surface area contributed by atoms with E-state index >= 15 is 0 Å². The van der Waals surface area contributed by atoms with Crippen molar-refractivity contribution >= 4 is 11.4 Å². The minimum Gasteiger partial charge on any atom is -0.423 e. The van der Waals surface area contributed by atoms with Crippen molar-refractivity contribution in [2.24, 2.45) is 0 Å². The van der Waals surface area contributed by atoms with Gasteiger partial charge in [-0.3, -0.25) is 9.69 Å². The summed E-state index contributed by atoms with van der Waals surface area (Å²) in [6.07, 6.45) is 9.37. The zero-order valence-corrected chi connectivity index (χ0v) is 17.2. The van der Waals surface area contributed by atoms with E-state index in [-0.39, 0.29) is 23.9 Å². The molecule has 156 valence electrons. The quantitative estimate of drug-likeness (QED) is 0.652. The molecule has 1 aliphatic carbocycles. The SMILES string of the molecule is N#Cc1cnc(C(=O)Cc2ccc(CCN3CCOCC3)cc2C2=CCCCC2)o1. The first-order chi connectivity index (χ1) is 14.7. The maximum absolute atomic E-state index is 12.7. The minimum atomic E-state index is -0.199. The molecule has 0 unspecified atom stereocenters. The fourth-order valence-corrected chi connectivity index (χ4v) is 4.13. The Hall–Kier alpha value is -2.75. The normalized spacial score (nSPS) is 17.4. The lowest BCUT2D eigenvalue weighted by Gasteiger charge is -2.26. The number of morpholine rings is 1. The number of hydrogen-bond acceptors (Lipinski definition) is 6. The van der Waals surface area contributed by atoms with Crippen LogP contribution in [0.3, 0.4) is 0 Å². The van der Waals surface area contributed by atoms with Crippen LogP contribution in [-0.4, -0.2) is 48.5 Å². The number of allylic oxidation sites excluding steroid dienone is 2. The summed E-state index contributed by atoms with van der Waals surface area (Å²) >= 11 is 0. The average molecular weight is 405 g/mol. The van der Waals surface area contributed by atoms with E-state index in [9.17, 15) is 4.79 Å². The van der Waals surface area contributed by atoms with E-state index in [0.717, 1.165) is 57.7 Å². The highest BCUT2D eigenvalue weighted by Crippen LogP contribution is 2.31. The monoisotopic (exact) mass is 405 g/mol. The molecule has 1 aromatic carbocycles. The molecule has 2 heterocycles. The van der Waals surface area contributed by atoms with Crippen molar-refractivity contribution in [3.05, 3.63) is 58.8 Å². The number of nitriles is 1. The molecule has 0 saturated carbocycles. The molecular formula is C24H27N3O3. The molecular weight excluding hydrogens is 378 g/mol. The summed E-state index contributed by atoms with van der Waals surface area (Å²) < 4.78 is 10.7. The van der Waals surface area contributed by atoms with Crippen LogP contribution in [0.2, 0.25) is 0 Å². The second-order valence-corrected chi connectivity index (χ2v) is 7.91. The first kappa shape index (κ1) is 20.5. The van der Waals surface area contributed by atoms with Crippen LogP contribution in [0.25, 0.3) is 5.57 Å². The van der Waals surface area contributed by atoms with E-state index in [0.29, 0.717) is 0 Å². The lowest BCUT2D eigenvalue weighted by molar-refractivity contribution is 0.0384. The molecule has 30 heavy (non-hydrogen) atoms. The Kier molecular flexibility index (Phi) is 6.73. The third-order valence-corrected chi connectivity index (χ3v) is 5.84. The van der Waals surface area contributed by atoms with Gasteiger partial charge in [0, 0.05) is 26.1 Å². The molecule has 1 aliphatic heterocycles. The lowest BCUT2D eigenvalue weighted by Crippen LogP contribution is -2.37. The second kappa shape index (κ2) is 9.84. The summed E-state index contributed by atoms with van der Waals surface area (Å²) in [6.45, 7) is 4.63. The van der Waals surface area contributed by atoms with Crippen molar-refractivity contribution in [1.29, 1.82) is 5.26 Å².